The van der Waals surface area contributed by atoms with Crippen LogP contribution in [-0.4, -0.2) is 32.6 Å². The van der Waals surface area contributed by atoms with Gasteiger partial charge in [0.1, 0.15) is 18.1 Å². The average molecular weight is 363 g/mol. The van der Waals surface area contributed by atoms with Gasteiger partial charge in [-0.15, -0.1) is 0 Å². The third-order valence-corrected chi connectivity index (χ3v) is 5.27. The Morgan fingerprint density at radius 3 is 2.96 bits per heavy atom. The highest BCUT2D eigenvalue weighted by Gasteiger charge is 2.32. The molecule has 2 aliphatic rings. The van der Waals surface area contributed by atoms with E-state index in [1.807, 2.05) is 39.7 Å². The van der Waals surface area contributed by atoms with Crippen LogP contribution in [-0.2, 0) is 17.9 Å². The molecule has 3 heterocycles. The largest absolute Gasteiger partial charge is 0.368 e. The lowest BCUT2D eigenvalue weighted by Crippen LogP contribution is -2.21. The standard InChI is InChI=1S/C20H21N5O2/c26-18(23-16-10-22-25-9-3-8-21-20(16)25)12-24-11-15(19(27)13-6-7-13)14-4-1-2-5-17(14)24/h1-2,4-5,10-11,13,21H,3,6-9,12H2,(H,23,26). The number of carbonyl (C=O) groups excluding carboxylic acids is 2. The van der Waals surface area contributed by atoms with E-state index in [-0.39, 0.29) is 24.2 Å². The van der Waals surface area contributed by atoms with Crippen LogP contribution in [0.4, 0.5) is 11.5 Å². The number of anilines is 2. The Bertz CT molecular complexity index is 1040. The monoisotopic (exact) mass is 363 g/mol. The minimum absolute atomic E-state index is 0.135. The molecule has 1 aliphatic carbocycles. The molecule has 7 heteroatoms. The molecule has 1 saturated carbocycles. The number of amides is 1. The molecule has 27 heavy (non-hydrogen) atoms. The van der Waals surface area contributed by atoms with Gasteiger partial charge in [-0.25, -0.2) is 4.68 Å². The predicted octanol–water partition coefficient (Wildman–Crippen LogP) is 2.88. The molecule has 138 valence electrons. The molecular weight excluding hydrogens is 342 g/mol. The van der Waals surface area contributed by atoms with Crippen molar-refractivity contribution in [1.82, 2.24) is 14.3 Å². The summed E-state index contributed by atoms with van der Waals surface area (Å²) in [6.45, 7) is 1.89. The Morgan fingerprint density at radius 1 is 1.26 bits per heavy atom. The van der Waals surface area contributed by atoms with E-state index in [2.05, 4.69) is 15.7 Å². The quantitative estimate of drug-likeness (QED) is 0.683. The van der Waals surface area contributed by atoms with E-state index in [0.29, 0.717) is 5.69 Å². The second-order valence-electron chi connectivity index (χ2n) is 7.28. The maximum absolute atomic E-state index is 12.7. The Morgan fingerprint density at radius 2 is 2.11 bits per heavy atom. The van der Waals surface area contributed by atoms with Gasteiger partial charge in [0, 0.05) is 41.7 Å². The fraction of sp³-hybridized carbons (Fsp3) is 0.350. The number of nitrogens with zero attached hydrogens (tertiary/aromatic N) is 3. The zero-order valence-electron chi connectivity index (χ0n) is 14.9. The minimum Gasteiger partial charge on any atom is -0.368 e. The second-order valence-corrected chi connectivity index (χ2v) is 7.28. The van der Waals surface area contributed by atoms with E-state index < -0.39 is 0 Å². The molecule has 2 N–H and O–H groups in total. The van der Waals surface area contributed by atoms with Gasteiger partial charge < -0.3 is 15.2 Å². The number of hydrogen-bond acceptors (Lipinski definition) is 4. The summed E-state index contributed by atoms with van der Waals surface area (Å²) in [6.07, 6.45) is 6.48. The van der Waals surface area contributed by atoms with Crippen LogP contribution in [0.2, 0.25) is 0 Å². The van der Waals surface area contributed by atoms with Gasteiger partial charge in [-0.3, -0.25) is 9.59 Å². The third kappa shape index (κ3) is 2.89. The molecule has 0 spiro atoms. The smallest absolute Gasteiger partial charge is 0.244 e. The van der Waals surface area contributed by atoms with Crippen LogP contribution in [0.5, 0.6) is 0 Å². The molecule has 5 rings (SSSR count). The normalized spacial score (nSPS) is 16.0. The maximum Gasteiger partial charge on any atom is 0.244 e. The van der Waals surface area contributed by atoms with Gasteiger partial charge in [0.2, 0.25) is 5.91 Å². The summed E-state index contributed by atoms with van der Waals surface area (Å²) in [7, 11) is 0. The molecule has 1 aliphatic heterocycles. The molecule has 0 bridgehead atoms. The Balaban J connectivity index is 1.40. The van der Waals surface area contributed by atoms with Gasteiger partial charge in [-0.1, -0.05) is 18.2 Å². The fourth-order valence-corrected chi connectivity index (χ4v) is 3.75. The van der Waals surface area contributed by atoms with Crippen molar-refractivity contribution in [2.45, 2.75) is 32.4 Å². The molecule has 2 aromatic heterocycles. The van der Waals surface area contributed by atoms with Gasteiger partial charge in [0.15, 0.2) is 5.78 Å². The summed E-state index contributed by atoms with van der Waals surface area (Å²) in [5, 5.41) is 11.5. The lowest BCUT2D eigenvalue weighted by molar-refractivity contribution is -0.116. The van der Waals surface area contributed by atoms with Crippen molar-refractivity contribution in [3.63, 3.8) is 0 Å². The number of aromatic nitrogens is 3. The van der Waals surface area contributed by atoms with Crippen LogP contribution >= 0.6 is 0 Å². The van der Waals surface area contributed by atoms with E-state index >= 15 is 0 Å². The first-order chi connectivity index (χ1) is 13.2. The topological polar surface area (TPSA) is 81.0 Å². The average Bonchev–Trinajstić information content (AvgIpc) is 3.38. The molecule has 7 nitrogen and oxygen atoms in total. The number of carbonyl (C=O) groups is 2. The van der Waals surface area contributed by atoms with Crippen LogP contribution in [0.3, 0.4) is 0 Å². The Hall–Kier alpha value is -3.09. The SMILES string of the molecule is O=C(Cn1cc(C(=O)C2CC2)c2ccccc21)Nc1cnn2c1NCCC2. The lowest BCUT2D eigenvalue weighted by Gasteiger charge is -2.17. The zero-order chi connectivity index (χ0) is 18.4. The number of ketones is 1. The van der Waals surface area contributed by atoms with Gasteiger partial charge in [0.05, 0.1) is 6.20 Å². The van der Waals surface area contributed by atoms with Crippen molar-refractivity contribution >= 4 is 34.1 Å². The molecule has 0 radical (unpaired) electrons. The van der Waals surface area contributed by atoms with E-state index in [0.717, 1.165) is 54.6 Å². The molecule has 0 saturated heterocycles. The Labute approximate surface area is 156 Å². The molecular formula is C20H21N5O2. The lowest BCUT2D eigenvalue weighted by atomic mass is 10.1. The van der Waals surface area contributed by atoms with Gasteiger partial charge >= 0.3 is 0 Å². The van der Waals surface area contributed by atoms with Crippen molar-refractivity contribution in [3.8, 4) is 0 Å². The van der Waals surface area contributed by atoms with E-state index in [4.69, 9.17) is 0 Å². The molecule has 1 amide bonds. The summed E-state index contributed by atoms with van der Waals surface area (Å²) >= 11 is 0. The van der Waals surface area contributed by atoms with Crippen LogP contribution in [0.1, 0.15) is 29.6 Å². The minimum atomic E-state index is -0.135. The summed E-state index contributed by atoms with van der Waals surface area (Å²) in [5.74, 6) is 1.07. The first-order valence-corrected chi connectivity index (χ1v) is 9.42. The first-order valence-electron chi connectivity index (χ1n) is 9.42. The van der Waals surface area contributed by atoms with E-state index in [9.17, 15) is 9.59 Å². The number of para-hydroxylation sites is 1. The summed E-state index contributed by atoms with van der Waals surface area (Å²) in [5.41, 5.74) is 2.34. The molecule has 1 aromatic carbocycles. The number of nitrogens with one attached hydrogen (secondary N) is 2. The Kier molecular flexibility index (Phi) is 3.74. The van der Waals surface area contributed by atoms with Crippen molar-refractivity contribution < 1.29 is 9.59 Å². The number of benzene rings is 1. The zero-order valence-corrected chi connectivity index (χ0v) is 14.9. The fourth-order valence-electron chi connectivity index (χ4n) is 3.75. The summed E-state index contributed by atoms with van der Waals surface area (Å²) < 4.78 is 3.74. The molecule has 0 atom stereocenters. The number of aryl methyl sites for hydroxylation is 1. The van der Waals surface area contributed by atoms with Crippen molar-refractivity contribution in [1.29, 1.82) is 0 Å². The van der Waals surface area contributed by atoms with Gasteiger partial charge in [-0.2, -0.15) is 5.10 Å². The number of rotatable bonds is 5. The molecule has 1 fully saturated rings. The maximum atomic E-state index is 12.7. The highest BCUT2D eigenvalue weighted by atomic mass is 16.2. The van der Waals surface area contributed by atoms with Crippen LogP contribution in [0.15, 0.2) is 36.7 Å². The van der Waals surface area contributed by atoms with Crippen molar-refractivity contribution in [2.24, 2.45) is 5.92 Å². The van der Waals surface area contributed by atoms with Crippen LogP contribution in [0, 0.1) is 5.92 Å². The molecule has 0 unspecified atom stereocenters. The van der Waals surface area contributed by atoms with E-state index in [1.54, 1.807) is 6.20 Å². The summed E-state index contributed by atoms with van der Waals surface area (Å²) in [4.78, 5) is 25.3. The number of hydrogen-bond donors (Lipinski definition) is 2. The van der Waals surface area contributed by atoms with E-state index in [1.165, 1.54) is 0 Å². The molecule has 3 aromatic rings. The van der Waals surface area contributed by atoms with Crippen LogP contribution < -0.4 is 10.6 Å². The van der Waals surface area contributed by atoms with Crippen molar-refractivity contribution in [2.75, 3.05) is 17.2 Å². The van der Waals surface area contributed by atoms with Gasteiger partial charge in [-0.05, 0) is 25.3 Å². The predicted molar refractivity (Wildman–Crippen MR) is 103 cm³/mol. The van der Waals surface area contributed by atoms with Crippen molar-refractivity contribution in [3.05, 3.63) is 42.2 Å². The number of Topliss-reactive ketones (excluding diaryl/α,β-unsaturated/α-hetero) is 1. The first kappa shape index (κ1) is 16.1. The second kappa shape index (κ2) is 6.26. The highest BCUT2D eigenvalue weighted by Crippen LogP contribution is 2.35. The highest BCUT2D eigenvalue weighted by molar-refractivity contribution is 6.10. The van der Waals surface area contributed by atoms with Crippen LogP contribution in [0.25, 0.3) is 10.9 Å². The summed E-state index contributed by atoms with van der Waals surface area (Å²) in [6, 6.07) is 7.77. The number of fused-ring (bicyclic) bond motifs is 2. The van der Waals surface area contributed by atoms with Gasteiger partial charge in [0.25, 0.3) is 0 Å². The third-order valence-electron chi connectivity index (χ3n) is 5.27.